The number of sulfonamides is 1. The van der Waals surface area contributed by atoms with Crippen LogP contribution in [0, 0.1) is 11.8 Å². The van der Waals surface area contributed by atoms with Gasteiger partial charge >= 0.3 is 5.97 Å². The van der Waals surface area contributed by atoms with Crippen LogP contribution in [-0.4, -0.2) is 44.6 Å². The molecular formula is C9H17NO4S. The molecule has 0 amide bonds. The third kappa shape index (κ3) is 2.92. The number of methoxy groups -OCH3 is 1. The van der Waals surface area contributed by atoms with E-state index < -0.39 is 21.7 Å². The Morgan fingerprint density at radius 3 is 2.40 bits per heavy atom. The summed E-state index contributed by atoms with van der Waals surface area (Å²) in [6.45, 7) is 5.18. The average Bonchev–Trinajstić information content (AvgIpc) is 1.98. The molecule has 1 aliphatic rings. The predicted octanol–water partition coefficient (Wildman–Crippen LogP) is 0.0770. The standard InChI is InChI=1S/C9H17NO4S/c1-7(2)8-4-10(5-8)15(12,13)6-9(11)14-3/h7-8H,4-6H2,1-3H3. The van der Waals surface area contributed by atoms with Crippen LogP contribution >= 0.6 is 0 Å². The number of rotatable bonds is 4. The first kappa shape index (κ1) is 12.4. The lowest BCUT2D eigenvalue weighted by Gasteiger charge is -2.40. The van der Waals surface area contributed by atoms with Gasteiger partial charge in [-0.15, -0.1) is 0 Å². The average molecular weight is 235 g/mol. The summed E-state index contributed by atoms with van der Waals surface area (Å²) in [6.07, 6.45) is 0. The van der Waals surface area contributed by atoms with Gasteiger partial charge in [-0.05, 0) is 11.8 Å². The Labute approximate surface area is 90.4 Å². The Kier molecular flexibility index (Phi) is 3.72. The molecule has 0 N–H and O–H groups in total. The summed E-state index contributed by atoms with van der Waals surface area (Å²) < 4.78 is 28.8. The van der Waals surface area contributed by atoms with Crippen molar-refractivity contribution < 1.29 is 17.9 Å². The van der Waals surface area contributed by atoms with Crippen LogP contribution in [0.15, 0.2) is 0 Å². The van der Waals surface area contributed by atoms with E-state index in [1.54, 1.807) is 0 Å². The first-order valence-electron chi connectivity index (χ1n) is 4.91. The van der Waals surface area contributed by atoms with Gasteiger partial charge in [0.1, 0.15) is 0 Å². The molecule has 88 valence electrons. The fourth-order valence-electron chi connectivity index (χ4n) is 1.42. The molecule has 0 aromatic heterocycles. The Morgan fingerprint density at radius 2 is 2.00 bits per heavy atom. The van der Waals surface area contributed by atoms with Crippen LogP contribution in [0.1, 0.15) is 13.8 Å². The highest BCUT2D eigenvalue weighted by atomic mass is 32.2. The second-order valence-corrected chi connectivity index (χ2v) is 6.12. The number of hydrogen-bond acceptors (Lipinski definition) is 4. The summed E-state index contributed by atoms with van der Waals surface area (Å²) in [5.74, 6) is -0.357. The van der Waals surface area contributed by atoms with E-state index >= 15 is 0 Å². The Bertz CT molecular complexity index is 330. The Balaban J connectivity index is 2.49. The van der Waals surface area contributed by atoms with Crippen molar-refractivity contribution >= 4 is 16.0 Å². The molecule has 0 aromatic carbocycles. The van der Waals surface area contributed by atoms with E-state index in [9.17, 15) is 13.2 Å². The van der Waals surface area contributed by atoms with E-state index in [1.165, 1.54) is 11.4 Å². The second-order valence-electron chi connectivity index (χ2n) is 4.15. The molecule has 0 aromatic rings. The minimum absolute atomic E-state index is 0.414. The number of carbonyl (C=O) groups is 1. The number of carbonyl (C=O) groups excluding carboxylic acids is 1. The number of nitrogens with zero attached hydrogens (tertiary/aromatic N) is 1. The summed E-state index contributed by atoms with van der Waals surface area (Å²) in [5, 5.41) is 0. The summed E-state index contributed by atoms with van der Waals surface area (Å²) in [4.78, 5) is 10.9. The molecule has 0 radical (unpaired) electrons. The molecule has 1 fully saturated rings. The van der Waals surface area contributed by atoms with Gasteiger partial charge in [0.2, 0.25) is 10.0 Å². The zero-order valence-electron chi connectivity index (χ0n) is 9.26. The monoisotopic (exact) mass is 235 g/mol. The van der Waals surface area contributed by atoms with Crippen LogP contribution in [0.4, 0.5) is 0 Å². The Morgan fingerprint density at radius 1 is 1.47 bits per heavy atom. The molecule has 0 unspecified atom stereocenters. The van der Waals surface area contributed by atoms with E-state index in [4.69, 9.17) is 0 Å². The summed E-state index contributed by atoms with van der Waals surface area (Å²) >= 11 is 0. The van der Waals surface area contributed by atoms with E-state index in [0.717, 1.165) is 0 Å². The largest absolute Gasteiger partial charge is 0.468 e. The third-order valence-corrected chi connectivity index (χ3v) is 4.43. The lowest BCUT2D eigenvalue weighted by molar-refractivity contribution is -0.137. The maximum absolute atomic E-state index is 11.6. The number of hydrogen-bond donors (Lipinski definition) is 0. The maximum Gasteiger partial charge on any atom is 0.322 e. The molecule has 0 spiro atoms. The molecule has 5 nitrogen and oxygen atoms in total. The molecular weight excluding hydrogens is 218 g/mol. The van der Waals surface area contributed by atoms with Gasteiger partial charge in [0, 0.05) is 13.1 Å². The van der Waals surface area contributed by atoms with Crippen molar-refractivity contribution in [2.75, 3.05) is 26.0 Å². The topological polar surface area (TPSA) is 63.7 Å². The minimum Gasteiger partial charge on any atom is -0.468 e. The second kappa shape index (κ2) is 4.49. The van der Waals surface area contributed by atoms with Crippen LogP contribution in [0.3, 0.4) is 0 Å². The zero-order valence-corrected chi connectivity index (χ0v) is 10.1. The van der Waals surface area contributed by atoms with Crippen molar-refractivity contribution in [1.29, 1.82) is 0 Å². The fourth-order valence-corrected chi connectivity index (χ4v) is 2.85. The lowest BCUT2D eigenvalue weighted by atomic mass is 9.91. The number of ether oxygens (including phenoxy) is 1. The van der Waals surface area contributed by atoms with Crippen molar-refractivity contribution in [3.05, 3.63) is 0 Å². The van der Waals surface area contributed by atoms with Gasteiger partial charge in [-0.25, -0.2) is 12.7 Å². The first-order chi connectivity index (χ1) is 6.86. The molecule has 1 heterocycles. The van der Waals surface area contributed by atoms with Gasteiger partial charge in [0.25, 0.3) is 0 Å². The van der Waals surface area contributed by atoms with Gasteiger partial charge in [-0.1, -0.05) is 13.8 Å². The van der Waals surface area contributed by atoms with Gasteiger partial charge < -0.3 is 4.74 Å². The molecule has 0 bridgehead atoms. The zero-order chi connectivity index (χ0) is 11.6. The molecule has 15 heavy (non-hydrogen) atoms. The quantitative estimate of drug-likeness (QED) is 0.647. The van der Waals surface area contributed by atoms with Crippen LogP contribution in [0.25, 0.3) is 0 Å². The predicted molar refractivity (Wildman–Crippen MR) is 55.7 cm³/mol. The van der Waals surface area contributed by atoms with Crippen molar-refractivity contribution in [2.45, 2.75) is 13.8 Å². The van der Waals surface area contributed by atoms with E-state index in [0.29, 0.717) is 24.9 Å². The van der Waals surface area contributed by atoms with E-state index in [1.807, 2.05) is 0 Å². The first-order valence-corrected chi connectivity index (χ1v) is 6.52. The minimum atomic E-state index is -3.44. The van der Waals surface area contributed by atoms with E-state index in [-0.39, 0.29) is 0 Å². The van der Waals surface area contributed by atoms with Crippen molar-refractivity contribution in [3.63, 3.8) is 0 Å². The molecule has 0 aliphatic carbocycles. The third-order valence-electron chi connectivity index (χ3n) is 2.74. The van der Waals surface area contributed by atoms with Crippen LogP contribution in [-0.2, 0) is 19.6 Å². The lowest BCUT2D eigenvalue weighted by Crippen LogP contribution is -2.53. The summed E-state index contributed by atoms with van der Waals surface area (Å²) in [6, 6.07) is 0. The molecule has 6 heteroatoms. The highest BCUT2D eigenvalue weighted by Gasteiger charge is 2.38. The highest BCUT2D eigenvalue weighted by Crippen LogP contribution is 2.26. The van der Waals surface area contributed by atoms with Crippen molar-refractivity contribution in [1.82, 2.24) is 4.31 Å². The number of esters is 1. The van der Waals surface area contributed by atoms with Crippen LogP contribution in [0.5, 0.6) is 0 Å². The summed E-state index contributed by atoms with van der Waals surface area (Å²) in [7, 11) is -2.26. The Hall–Kier alpha value is -0.620. The molecule has 1 aliphatic heterocycles. The van der Waals surface area contributed by atoms with Gasteiger partial charge in [-0.2, -0.15) is 0 Å². The molecule has 0 saturated carbocycles. The highest BCUT2D eigenvalue weighted by molar-refractivity contribution is 7.89. The van der Waals surface area contributed by atoms with E-state index in [2.05, 4.69) is 18.6 Å². The maximum atomic E-state index is 11.6. The van der Waals surface area contributed by atoms with Crippen LogP contribution < -0.4 is 0 Å². The SMILES string of the molecule is COC(=O)CS(=O)(=O)N1CC(C(C)C)C1. The molecule has 1 saturated heterocycles. The van der Waals surface area contributed by atoms with Gasteiger partial charge in [-0.3, -0.25) is 4.79 Å². The van der Waals surface area contributed by atoms with Crippen molar-refractivity contribution in [3.8, 4) is 0 Å². The fraction of sp³-hybridized carbons (Fsp3) is 0.889. The molecule has 1 rings (SSSR count). The normalized spacial score (nSPS) is 18.9. The van der Waals surface area contributed by atoms with Crippen molar-refractivity contribution in [2.24, 2.45) is 11.8 Å². The van der Waals surface area contributed by atoms with Crippen LogP contribution in [0.2, 0.25) is 0 Å². The smallest absolute Gasteiger partial charge is 0.322 e. The van der Waals surface area contributed by atoms with Gasteiger partial charge in [0.15, 0.2) is 5.75 Å². The summed E-state index contributed by atoms with van der Waals surface area (Å²) in [5.41, 5.74) is 0. The molecule has 0 atom stereocenters. The van der Waals surface area contributed by atoms with Gasteiger partial charge in [0.05, 0.1) is 7.11 Å².